The monoisotopic (exact) mass is 640 g/mol. The number of aryl methyl sites for hydroxylation is 3. The average molecular weight is 641 g/mol. The number of thioether (sulfide) groups is 1. The molecule has 8 bridgehead atoms. The van der Waals surface area contributed by atoms with E-state index in [0.29, 0.717) is 12.8 Å². The van der Waals surface area contributed by atoms with Crippen LogP contribution in [0.2, 0.25) is 0 Å². The van der Waals surface area contributed by atoms with Gasteiger partial charge in [-0.2, -0.15) is 0 Å². The Balaban J connectivity index is 1.44. The first-order chi connectivity index (χ1) is 22.1. The van der Waals surface area contributed by atoms with Crippen molar-refractivity contribution in [3.63, 3.8) is 0 Å². The fraction of sp³-hybridized carbons (Fsp3) is 0.474. The smallest absolute Gasteiger partial charge is 0.106 e. The average Bonchev–Trinajstić information content (AvgIpc) is 3.73. The third-order valence-corrected chi connectivity index (χ3v) is 11.4. The highest BCUT2D eigenvalue weighted by atomic mass is 32.2. The van der Waals surface area contributed by atoms with Gasteiger partial charge in [0.25, 0.3) is 0 Å². The first kappa shape index (κ1) is 32.8. The van der Waals surface area contributed by atoms with Gasteiger partial charge in [-0.25, -0.2) is 4.98 Å². The lowest BCUT2D eigenvalue weighted by atomic mass is 9.86. The van der Waals surface area contributed by atoms with Crippen LogP contribution in [0.4, 0.5) is 0 Å². The van der Waals surface area contributed by atoms with Gasteiger partial charge in [0.2, 0.25) is 0 Å². The minimum absolute atomic E-state index is 0.0497. The van der Waals surface area contributed by atoms with Crippen molar-refractivity contribution in [2.75, 3.05) is 12.4 Å². The number of allylic oxidation sites excluding steroid dienone is 1. The van der Waals surface area contributed by atoms with Crippen molar-refractivity contribution in [2.45, 2.75) is 103 Å². The van der Waals surface area contributed by atoms with Crippen molar-refractivity contribution < 1.29 is 14.9 Å². The van der Waals surface area contributed by atoms with Crippen molar-refractivity contribution in [3.05, 3.63) is 75.4 Å². The number of H-pyrrole nitrogens is 2. The molecule has 7 nitrogen and oxygen atoms in total. The van der Waals surface area contributed by atoms with Gasteiger partial charge in [0.05, 0.1) is 30.2 Å². The molecule has 0 radical (unpaired) electrons. The third kappa shape index (κ3) is 6.25. The van der Waals surface area contributed by atoms with Crippen LogP contribution in [0.3, 0.4) is 0 Å². The van der Waals surface area contributed by atoms with Gasteiger partial charge in [0.15, 0.2) is 0 Å². The Hall–Kier alpha value is -3.17. The maximum absolute atomic E-state index is 10.2. The molecule has 3 aromatic heterocycles. The summed E-state index contributed by atoms with van der Waals surface area (Å²) in [5, 5.41) is 19.8. The Morgan fingerprint density at radius 2 is 1.76 bits per heavy atom. The number of nitrogens with one attached hydrogen (secondary N) is 2. The van der Waals surface area contributed by atoms with Gasteiger partial charge in [0.1, 0.15) is 5.44 Å². The standard InChI is InChI=1S/C38H48N4O3S/c1-8-27-22(5)33-18-36-28(9-2)21(4)32(40-36)17-34-23(6)29(11-10-12-46-37-15-25(44)14-26(19-43)45-37)38(42-34)24(7)31-13-20(3)30(39-31)16-35(27)41-33/h9,13,16-18,23,25-26,29,37,40-41,43-44H,2,8,10-12,14-15,19H2,1,3-7H3/t23-,25-,26-,29-,37-/m0/s1. The van der Waals surface area contributed by atoms with Crippen LogP contribution in [0, 0.1) is 20.8 Å². The summed E-state index contributed by atoms with van der Waals surface area (Å²) in [6.07, 6.45) is 7.49. The van der Waals surface area contributed by atoms with E-state index >= 15 is 0 Å². The van der Waals surface area contributed by atoms with Gasteiger partial charge in [0, 0.05) is 63.7 Å². The lowest BCUT2D eigenvalue weighted by molar-refractivity contribution is -0.0783. The van der Waals surface area contributed by atoms with Crippen LogP contribution in [-0.4, -0.2) is 60.2 Å². The van der Waals surface area contributed by atoms with Gasteiger partial charge in [-0.05, 0) is 105 Å². The molecule has 0 aromatic carbocycles. The summed E-state index contributed by atoms with van der Waals surface area (Å²) in [7, 11) is 0. The number of aliphatic hydroxyl groups is 2. The van der Waals surface area contributed by atoms with Gasteiger partial charge in [-0.3, -0.25) is 4.98 Å². The molecule has 6 rings (SSSR count). The molecule has 0 unspecified atom stereocenters. The number of aliphatic hydroxyl groups excluding tert-OH is 2. The van der Waals surface area contributed by atoms with Gasteiger partial charge in [-0.15, -0.1) is 11.8 Å². The summed E-state index contributed by atoms with van der Waals surface area (Å²) >= 11 is 1.75. The van der Waals surface area contributed by atoms with Crippen LogP contribution in [0.1, 0.15) is 109 Å². The van der Waals surface area contributed by atoms with Gasteiger partial charge >= 0.3 is 0 Å². The predicted octanol–water partition coefficient (Wildman–Crippen LogP) is 8.26. The second kappa shape index (κ2) is 13.5. The van der Waals surface area contributed by atoms with Crippen LogP contribution in [0.5, 0.6) is 0 Å². The Morgan fingerprint density at radius 3 is 2.50 bits per heavy atom. The van der Waals surface area contributed by atoms with Gasteiger partial charge in [-0.1, -0.05) is 26.5 Å². The quantitative estimate of drug-likeness (QED) is 0.185. The first-order valence-electron chi connectivity index (χ1n) is 16.7. The minimum atomic E-state index is -0.415. The molecule has 8 heteroatoms. The Labute approximate surface area is 276 Å². The summed E-state index contributed by atoms with van der Waals surface area (Å²) in [6.45, 7) is 17.3. The molecule has 0 amide bonds. The maximum Gasteiger partial charge on any atom is 0.106 e. The van der Waals surface area contributed by atoms with Crippen molar-refractivity contribution in [2.24, 2.45) is 0 Å². The number of nitrogens with zero attached hydrogens (tertiary/aromatic N) is 2. The molecule has 3 aliphatic heterocycles. The topological polar surface area (TPSA) is 107 Å². The zero-order chi connectivity index (χ0) is 32.7. The highest BCUT2D eigenvalue weighted by molar-refractivity contribution is 7.99. The summed E-state index contributed by atoms with van der Waals surface area (Å²) < 4.78 is 6.00. The summed E-state index contributed by atoms with van der Waals surface area (Å²) in [5.74, 6) is 1.42. The van der Waals surface area contributed by atoms with Crippen molar-refractivity contribution in [1.82, 2.24) is 19.9 Å². The number of hydrogen-bond acceptors (Lipinski definition) is 6. The van der Waals surface area contributed by atoms with E-state index in [1.807, 2.05) is 6.08 Å². The first-order valence-corrected chi connectivity index (χ1v) is 17.8. The van der Waals surface area contributed by atoms with E-state index in [2.05, 4.69) is 82.4 Å². The molecule has 0 spiro atoms. The lowest BCUT2D eigenvalue weighted by Gasteiger charge is -2.32. The van der Waals surface area contributed by atoms with Crippen molar-refractivity contribution in [3.8, 4) is 0 Å². The van der Waals surface area contributed by atoms with Crippen LogP contribution >= 0.6 is 11.8 Å². The fourth-order valence-electron chi connectivity index (χ4n) is 7.37. The number of aromatic amines is 2. The molecular formula is C38H48N4O3S. The van der Waals surface area contributed by atoms with E-state index in [-0.39, 0.29) is 30.0 Å². The molecule has 1 fully saturated rings. The van der Waals surface area contributed by atoms with E-state index in [0.717, 1.165) is 86.6 Å². The highest BCUT2D eigenvalue weighted by Crippen LogP contribution is 2.42. The summed E-state index contributed by atoms with van der Waals surface area (Å²) in [6, 6.07) is 6.65. The number of rotatable bonds is 8. The maximum atomic E-state index is 10.2. The molecule has 244 valence electrons. The van der Waals surface area contributed by atoms with Crippen LogP contribution in [0.15, 0.2) is 24.8 Å². The summed E-state index contributed by atoms with van der Waals surface area (Å²) in [4.78, 5) is 17.9. The van der Waals surface area contributed by atoms with Crippen LogP contribution in [0.25, 0.3) is 39.8 Å². The minimum Gasteiger partial charge on any atom is -0.394 e. The number of aromatic nitrogens is 4. The zero-order valence-corrected chi connectivity index (χ0v) is 28.9. The van der Waals surface area contributed by atoms with E-state index in [9.17, 15) is 10.2 Å². The Bertz CT molecular complexity index is 1840. The number of fused-ring (bicyclic) bond motifs is 8. The van der Waals surface area contributed by atoms with Crippen molar-refractivity contribution in [1.29, 1.82) is 0 Å². The molecule has 6 heterocycles. The lowest BCUT2D eigenvalue weighted by Crippen LogP contribution is -2.36. The molecule has 4 N–H and O–H groups in total. The Morgan fingerprint density at radius 1 is 1.00 bits per heavy atom. The molecule has 0 aliphatic carbocycles. The zero-order valence-electron chi connectivity index (χ0n) is 28.0. The van der Waals surface area contributed by atoms with E-state index in [4.69, 9.17) is 14.7 Å². The van der Waals surface area contributed by atoms with Crippen LogP contribution in [-0.2, 0) is 11.2 Å². The largest absolute Gasteiger partial charge is 0.394 e. The second-order valence-corrected chi connectivity index (χ2v) is 14.5. The molecule has 1 saturated heterocycles. The predicted molar refractivity (Wildman–Crippen MR) is 192 cm³/mol. The fourth-order valence-corrected chi connectivity index (χ4v) is 8.56. The molecule has 5 atom stereocenters. The normalized spacial score (nSPS) is 23.0. The Kier molecular flexibility index (Phi) is 9.62. The van der Waals surface area contributed by atoms with Crippen LogP contribution < -0.4 is 0 Å². The molecule has 0 saturated carbocycles. The van der Waals surface area contributed by atoms with E-state index in [1.54, 1.807) is 11.8 Å². The number of ether oxygens (including phenoxy) is 1. The molecule has 3 aromatic rings. The second-order valence-electron chi connectivity index (χ2n) is 13.2. The van der Waals surface area contributed by atoms with E-state index < -0.39 is 6.10 Å². The van der Waals surface area contributed by atoms with Crippen molar-refractivity contribution >= 4 is 51.6 Å². The molecular weight excluding hydrogens is 593 g/mol. The van der Waals surface area contributed by atoms with Gasteiger partial charge < -0.3 is 24.9 Å². The molecule has 46 heavy (non-hydrogen) atoms. The number of hydrogen-bond donors (Lipinski definition) is 4. The highest BCUT2D eigenvalue weighted by Gasteiger charge is 2.32. The molecule has 3 aliphatic rings. The summed E-state index contributed by atoms with van der Waals surface area (Å²) in [5.41, 5.74) is 15.5. The van der Waals surface area contributed by atoms with E-state index in [1.165, 1.54) is 16.7 Å². The third-order valence-electron chi connectivity index (χ3n) is 10.2. The SMILES string of the molecule is C=Cc1c(C)c2cc3nc(c(C)c4nc(cc5[nH]c(cc1[nH]2)c(C)c5CC)C(C)=C4)[C@@H](CCCS[C@H]1C[C@@H](O)C[C@@H](CO)O1)[C@@H]3C.